The molecule has 0 aliphatic carbocycles. The van der Waals surface area contributed by atoms with E-state index in [1.54, 1.807) is 38.9 Å². The molecule has 2 heterocycles. The number of aromatic amines is 1. The number of nitrogens with one attached hydrogen (secondary N) is 1. The number of aliphatic hydroxyl groups is 1. The topological polar surface area (TPSA) is 77.9 Å². The highest BCUT2D eigenvalue weighted by molar-refractivity contribution is 6.30. The summed E-state index contributed by atoms with van der Waals surface area (Å²) in [6.07, 6.45) is 1.38. The maximum Gasteiger partial charge on any atom is 0.316 e. The van der Waals surface area contributed by atoms with Crippen molar-refractivity contribution in [2.75, 3.05) is 6.54 Å². The van der Waals surface area contributed by atoms with Crippen LogP contribution in [0.4, 0.5) is 5.82 Å². The number of carbonyl (C=O) groups excluding carboxylic acids is 1. The van der Waals surface area contributed by atoms with Crippen molar-refractivity contribution in [3.8, 4) is 5.75 Å². The summed E-state index contributed by atoms with van der Waals surface area (Å²) in [4.78, 5) is 21.5. The van der Waals surface area contributed by atoms with Gasteiger partial charge in [-0.3, -0.25) is 4.79 Å². The van der Waals surface area contributed by atoms with Crippen LogP contribution in [-0.2, 0) is 11.2 Å². The predicted molar refractivity (Wildman–Crippen MR) is 106 cm³/mol. The Kier molecular flexibility index (Phi) is 5.31. The molecule has 1 unspecified atom stereocenters. The smallest absolute Gasteiger partial charge is 0.316 e. The van der Waals surface area contributed by atoms with Gasteiger partial charge in [0.2, 0.25) is 0 Å². The zero-order valence-corrected chi connectivity index (χ0v) is 16.7. The quantitative estimate of drug-likeness (QED) is 0.770. The number of H-pyrrole nitrogens is 1. The van der Waals surface area contributed by atoms with E-state index in [-0.39, 0.29) is 5.97 Å². The molecule has 0 saturated heterocycles. The summed E-state index contributed by atoms with van der Waals surface area (Å²) in [5.41, 5.74) is 1.61. The van der Waals surface area contributed by atoms with Crippen molar-refractivity contribution >= 4 is 29.7 Å². The maximum absolute atomic E-state index is 12.3. The Balaban J connectivity index is 1.78. The van der Waals surface area contributed by atoms with Gasteiger partial charge < -0.3 is 19.7 Å². The average Bonchev–Trinajstić information content (AvgIpc) is 2.91. The normalized spacial score (nSPS) is 16.4. The molecule has 1 atom stereocenters. The van der Waals surface area contributed by atoms with Gasteiger partial charge in [-0.1, -0.05) is 23.7 Å². The van der Waals surface area contributed by atoms with Crippen LogP contribution in [-0.4, -0.2) is 33.8 Å². The Labute approximate surface area is 163 Å². The van der Waals surface area contributed by atoms with E-state index in [9.17, 15) is 9.90 Å². The number of nitrogens with zero attached hydrogens (tertiary/aromatic N) is 2. The summed E-state index contributed by atoms with van der Waals surface area (Å²) in [5.74, 6) is 0.507. The third-order valence-corrected chi connectivity index (χ3v) is 4.68. The SMILES string of the molecule is Cc1[nH]c2c(c1OC(=O)C(C)(C)C)C(O)N(CCc1ccc(Cl)cc1)C=N2. The van der Waals surface area contributed by atoms with Gasteiger partial charge in [-0.15, -0.1) is 0 Å². The molecule has 1 aliphatic heterocycles. The lowest BCUT2D eigenvalue weighted by molar-refractivity contribution is -0.143. The number of hydrogen-bond acceptors (Lipinski definition) is 5. The summed E-state index contributed by atoms with van der Waals surface area (Å²) < 4.78 is 5.60. The molecule has 1 aliphatic rings. The van der Waals surface area contributed by atoms with E-state index in [0.29, 0.717) is 34.4 Å². The molecule has 2 N–H and O–H groups in total. The summed E-state index contributed by atoms with van der Waals surface area (Å²) in [7, 11) is 0. The second kappa shape index (κ2) is 7.37. The number of aromatic nitrogens is 1. The molecule has 1 aromatic heterocycles. The third kappa shape index (κ3) is 4.17. The van der Waals surface area contributed by atoms with Crippen molar-refractivity contribution in [2.24, 2.45) is 10.4 Å². The van der Waals surface area contributed by atoms with E-state index in [1.807, 2.05) is 24.3 Å². The first-order valence-corrected chi connectivity index (χ1v) is 9.22. The number of hydrogen-bond donors (Lipinski definition) is 2. The lowest BCUT2D eigenvalue weighted by atomic mass is 9.97. The zero-order valence-electron chi connectivity index (χ0n) is 15.9. The number of aryl methyl sites for hydroxylation is 1. The standard InChI is InChI=1S/C20H24ClN3O3/c1-12-16(27-19(26)20(2,3)4)15-17(23-12)22-11-24(18(15)25)10-9-13-5-7-14(21)8-6-13/h5-8,11,18,23,25H,9-10H2,1-4H3. The van der Waals surface area contributed by atoms with Crippen molar-refractivity contribution < 1.29 is 14.6 Å². The molecular weight excluding hydrogens is 366 g/mol. The molecule has 3 rings (SSSR count). The number of carbonyl (C=O) groups is 1. The minimum atomic E-state index is -0.947. The first-order valence-electron chi connectivity index (χ1n) is 8.84. The summed E-state index contributed by atoms with van der Waals surface area (Å²) >= 11 is 5.92. The first kappa shape index (κ1) is 19.5. The van der Waals surface area contributed by atoms with Crippen LogP contribution in [0.3, 0.4) is 0 Å². The van der Waals surface area contributed by atoms with Gasteiger partial charge >= 0.3 is 5.97 Å². The lowest BCUT2D eigenvalue weighted by Gasteiger charge is -2.29. The Hall–Kier alpha value is -2.31. The van der Waals surface area contributed by atoms with Gasteiger partial charge in [-0.05, 0) is 51.8 Å². The van der Waals surface area contributed by atoms with Crippen LogP contribution in [0.25, 0.3) is 0 Å². The predicted octanol–water partition coefficient (Wildman–Crippen LogP) is 4.14. The fourth-order valence-corrected chi connectivity index (χ4v) is 2.91. The van der Waals surface area contributed by atoms with Crippen molar-refractivity contribution in [3.05, 3.63) is 46.1 Å². The minimum Gasteiger partial charge on any atom is -0.424 e. The van der Waals surface area contributed by atoms with Crippen molar-refractivity contribution in [3.63, 3.8) is 0 Å². The highest BCUT2D eigenvalue weighted by Gasteiger charge is 2.33. The molecule has 0 amide bonds. The van der Waals surface area contributed by atoms with Crippen LogP contribution in [0, 0.1) is 12.3 Å². The summed E-state index contributed by atoms with van der Waals surface area (Å²) in [6.45, 7) is 7.72. The van der Waals surface area contributed by atoms with E-state index in [1.165, 1.54) is 0 Å². The number of fused-ring (bicyclic) bond motifs is 1. The molecule has 7 heteroatoms. The number of benzene rings is 1. The van der Waals surface area contributed by atoms with Gasteiger partial charge in [-0.2, -0.15) is 0 Å². The number of aliphatic hydroxyl groups excluding tert-OH is 1. The first-order chi connectivity index (χ1) is 12.7. The number of esters is 1. The molecule has 144 valence electrons. The highest BCUT2D eigenvalue weighted by atomic mass is 35.5. The van der Waals surface area contributed by atoms with Crippen LogP contribution in [0.1, 0.15) is 43.8 Å². The molecule has 0 saturated carbocycles. The van der Waals surface area contributed by atoms with Gasteiger partial charge in [-0.25, -0.2) is 4.99 Å². The van der Waals surface area contributed by atoms with Gasteiger partial charge in [0, 0.05) is 11.6 Å². The van der Waals surface area contributed by atoms with Gasteiger partial charge in [0.05, 0.1) is 23.0 Å². The van der Waals surface area contributed by atoms with Crippen LogP contribution >= 0.6 is 11.6 Å². The highest BCUT2D eigenvalue weighted by Crippen LogP contribution is 2.41. The molecule has 0 spiro atoms. The number of halogens is 1. The second-order valence-electron chi connectivity index (χ2n) is 7.71. The second-order valence-corrected chi connectivity index (χ2v) is 8.15. The van der Waals surface area contributed by atoms with Crippen LogP contribution < -0.4 is 4.74 Å². The van der Waals surface area contributed by atoms with Crippen molar-refractivity contribution in [1.29, 1.82) is 0 Å². The molecule has 0 radical (unpaired) electrons. The van der Waals surface area contributed by atoms with Crippen LogP contribution in [0.15, 0.2) is 29.3 Å². The van der Waals surface area contributed by atoms with E-state index in [2.05, 4.69) is 9.98 Å². The molecule has 27 heavy (non-hydrogen) atoms. The van der Waals surface area contributed by atoms with Gasteiger partial charge in [0.25, 0.3) is 0 Å². The molecule has 2 aromatic rings. The van der Waals surface area contributed by atoms with Crippen LogP contribution in [0.2, 0.25) is 5.02 Å². The average molecular weight is 390 g/mol. The van der Waals surface area contributed by atoms with Gasteiger partial charge in [0.1, 0.15) is 5.82 Å². The van der Waals surface area contributed by atoms with E-state index in [0.717, 1.165) is 12.0 Å². The largest absolute Gasteiger partial charge is 0.424 e. The molecular formula is C20H24ClN3O3. The summed E-state index contributed by atoms with van der Waals surface area (Å²) in [5, 5.41) is 11.5. The zero-order chi connectivity index (χ0) is 19.8. The molecule has 6 nitrogen and oxygen atoms in total. The molecule has 0 bridgehead atoms. The Morgan fingerprint density at radius 1 is 1.33 bits per heavy atom. The number of rotatable bonds is 4. The molecule has 1 aromatic carbocycles. The third-order valence-electron chi connectivity index (χ3n) is 4.43. The van der Waals surface area contributed by atoms with Gasteiger partial charge in [0.15, 0.2) is 12.0 Å². The Bertz CT molecular complexity index is 866. The number of aliphatic imine (C=N–C) groups is 1. The lowest BCUT2D eigenvalue weighted by Crippen LogP contribution is -2.32. The van der Waals surface area contributed by atoms with Crippen molar-refractivity contribution in [1.82, 2.24) is 9.88 Å². The monoisotopic (exact) mass is 389 g/mol. The number of ether oxygens (including phenoxy) is 1. The fourth-order valence-electron chi connectivity index (χ4n) is 2.78. The summed E-state index contributed by atoms with van der Waals surface area (Å²) in [6, 6.07) is 7.60. The maximum atomic E-state index is 12.3. The molecule has 0 fully saturated rings. The van der Waals surface area contributed by atoms with E-state index >= 15 is 0 Å². The van der Waals surface area contributed by atoms with Crippen molar-refractivity contribution in [2.45, 2.75) is 40.3 Å². The van der Waals surface area contributed by atoms with E-state index < -0.39 is 11.6 Å². The minimum absolute atomic E-state index is 0.353. The Morgan fingerprint density at radius 2 is 2.00 bits per heavy atom. The van der Waals surface area contributed by atoms with E-state index in [4.69, 9.17) is 16.3 Å². The fraction of sp³-hybridized carbons (Fsp3) is 0.400. The van der Waals surface area contributed by atoms with Crippen LogP contribution in [0.5, 0.6) is 5.75 Å². The Morgan fingerprint density at radius 3 is 2.63 bits per heavy atom.